The van der Waals surface area contributed by atoms with Crippen LogP contribution in [0.3, 0.4) is 0 Å². The maximum absolute atomic E-state index is 2.70. The van der Waals surface area contributed by atoms with Gasteiger partial charge in [0.1, 0.15) is 0 Å². The molecule has 0 saturated carbocycles. The summed E-state index contributed by atoms with van der Waals surface area (Å²) < 4.78 is 0. The van der Waals surface area contributed by atoms with Crippen molar-refractivity contribution in [2.75, 3.05) is 6.16 Å². The summed E-state index contributed by atoms with van der Waals surface area (Å²) in [6.45, 7) is 2.20. The van der Waals surface area contributed by atoms with E-state index in [0.717, 1.165) is 0 Å². The van der Waals surface area contributed by atoms with Crippen LogP contribution in [0.4, 0.5) is 0 Å². The fraction of sp³-hybridized carbons (Fsp3) is 1.00. The predicted molar refractivity (Wildman–Crippen MR) is 29.5 cm³/mol. The van der Waals surface area contributed by atoms with Crippen LogP contribution < -0.4 is 0 Å². The van der Waals surface area contributed by atoms with Gasteiger partial charge in [-0.1, -0.05) is 19.8 Å². The van der Waals surface area contributed by atoms with E-state index in [2.05, 4.69) is 16.2 Å². The molecule has 0 heterocycles. The second-order valence-electron chi connectivity index (χ2n) is 1.14. The van der Waals surface area contributed by atoms with Crippen LogP contribution in [0.2, 0.25) is 0 Å². The molecule has 0 bridgehead atoms. The van der Waals surface area contributed by atoms with E-state index >= 15 is 0 Å². The van der Waals surface area contributed by atoms with Gasteiger partial charge in [-0.3, -0.25) is 0 Å². The van der Waals surface area contributed by atoms with E-state index in [4.69, 9.17) is 0 Å². The Balaban J connectivity index is 0. The molecule has 0 aliphatic carbocycles. The van der Waals surface area contributed by atoms with Crippen LogP contribution in [0.25, 0.3) is 0 Å². The number of hydrogen-bond acceptors (Lipinski definition) is 0. The van der Waals surface area contributed by atoms with E-state index in [1.807, 2.05) is 0 Å². The summed E-state index contributed by atoms with van der Waals surface area (Å²) in [4.78, 5) is 0. The largest absolute Gasteiger partial charge is 0.138 e. The van der Waals surface area contributed by atoms with Gasteiger partial charge in [0, 0.05) is 17.1 Å². The maximum Gasteiger partial charge on any atom is 0 e. The molecule has 0 N–H and O–H groups in total. The Labute approximate surface area is 52.8 Å². The molecular formula is C4H11CuP. The van der Waals surface area contributed by atoms with Crippen LogP contribution in [0.15, 0.2) is 0 Å². The Hall–Kier alpha value is 0.949. The van der Waals surface area contributed by atoms with Crippen molar-refractivity contribution >= 4 is 9.24 Å². The first-order chi connectivity index (χ1) is 2.41. The van der Waals surface area contributed by atoms with Crippen LogP contribution in [0.5, 0.6) is 0 Å². The van der Waals surface area contributed by atoms with Crippen molar-refractivity contribution in [1.82, 2.24) is 0 Å². The van der Waals surface area contributed by atoms with E-state index in [9.17, 15) is 0 Å². The van der Waals surface area contributed by atoms with Crippen LogP contribution in [0.1, 0.15) is 19.8 Å². The third-order valence-corrected chi connectivity index (χ3v) is 0.966. The first-order valence-electron chi connectivity index (χ1n) is 2.12. The standard InChI is InChI=1S/C4H11P.Cu/c1-2-3-4-5;/h2-5H2,1H3;. The first kappa shape index (κ1) is 10.0. The van der Waals surface area contributed by atoms with Crippen molar-refractivity contribution in [3.8, 4) is 0 Å². The van der Waals surface area contributed by atoms with E-state index in [1.165, 1.54) is 19.0 Å². The molecule has 0 rings (SSSR count). The summed E-state index contributed by atoms with van der Waals surface area (Å²) in [7, 11) is 2.70. The quantitative estimate of drug-likeness (QED) is 0.418. The van der Waals surface area contributed by atoms with Crippen LogP contribution in [0, 0.1) is 0 Å². The fourth-order valence-corrected chi connectivity index (χ4v) is 0.612. The van der Waals surface area contributed by atoms with Gasteiger partial charge in [0.25, 0.3) is 0 Å². The molecule has 0 saturated heterocycles. The second kappa shape index (κ2) is 9.34. The number of unbranched alkanes of at least 4 members (excludes halogenated alkanes) is 1. The van der Waals surface area contributed by atoms with E-state index in [-0.39, 0.29) is 17.1 Å². The summed E-state index contributed by atoms with van der Waals surface area (Å²) in [5, 5.41) is 0. The van der Waals surface area contributed by atoms with Crippen molar-refractivity contribution < 1.29 is 17.1 Å². The minimum atomic E-state index is 0. The molecule has 0 aromatic carbocycles. The van der Waals surface area contributed by atoms with Crippen molar-refractivity contribution in [3.63, 3.8) is 0 Å². The SMILES string of the molecule is CCCCP.[Cu]. The van der Waals surface area contributed by atoms with Gasteiger partial charge in [-0.25, -0.2) is 0 Å². The summed E-state index contributed by atoms with van der Waals surface area (Å²) in [5.74, 6) is 0. The molecule has 1 atom stereocenters. The Morgan fingerprint density at radius 3 is 2.00 bits per heavy atom. The number of hydrogen-bond donors (Lipinski definition) is 0. The minimum absolute atomic E-state index is 0. The van der Waals surface area contributed by atoms with Gasteiger partial charge < -0.3 is 0 Å². The number of rotatable bonds is 2. The third kappa shape index (κ3) is 8.87. The van der Waals surface area contributed by atoms with Crippen LogP contribution in [-0.4, -0.2) is 6.16 Å². The Morgan fingerprint density at radius 2 is 2.00 bits per heavy atom. The van der Waals surface area contributed by atoms with Gasteiger partial charge in [-0.05, 0) is 6.16 Å². The predicted octanol–water partition coefficient (Wildman–Crippen LogP) is 1.66. The Bertz CT molecular complexity index is 15.0. The molecule has 0 fully saturated rings. The van der Waals surface area contributed by atoms with E-state index < -0.39 is 0 Å². The molecule has 0 spiro atoms. The van der Waals surface area contributed by atoms with Gasteiger partial charge in [0.05, 0.1) is 0 Å². The molecule has 1 radical (unpaired) electrons. The summed E-state index contributed by atoms with van der Waals surface area (Å²) in [6, 6.07) is 0. The monoisotopic (exact) mass is 153 g/mol. The Morgan fingerprint density at radius 1 is 1.50 bits per heavy atom. The molecule has 43 valence electrons. The average molecular weight is 154 g/mol. The molecule has 0 aliphatic heterocycles. The molecule has 0 nitrogen and oxygen atoms in total. The van der Waals surface area contributed by atoms with Gasteiger partial charge >= 0.3 is 0 Å². The molecule has 0 aliphatic rings. The average Bonchev–Trinajstić information content (AvgIpc) is 1.41. The zero-order valence-electron chi connectivity index (χ0n) is 4.00. The summed E-state index contributed by atoms with van der Waals surface area (Å²) in [6.07, 6.45) is 3.94. The van der Waals surface area contributed by atoms with Crippen LogP contribution >= 0.6 is 9.24 Å². The molecule has 0 aromatic rings. The maximum atomic E-state index is 2.70. The molecule has 2 heteroatoms. The summed E-state index contributed by atoms with van der Waals surface area (Å²) >= 11 is 0. The van der Waals surface area contributed by atoms with Gasteiger partial charge in [0.2, 0.25) is 0 Å². The smallest absolute Gasteiger partial charge is 0 e. The van der Waals surface area contributed by atoms with E-state index in [1.54, 1.807) is 0 Å². The first-order valence-corrected chi connectivity index (χ1v) is 2.93. The zero-order chi connectivity index (χ0) is 4.12. The zero-order valence-corrected chi connectivity index (χ0v) is 6.10. The normalized spacial score (nSPS) is 7.00. The van der Waals surface area contributed by atoms with Crippen molar-refractivity contribution in [1.29, 1.82) is 0 Å². The van der Waals surface area contributed by atoms with Crippen molar-refractivity contribution in [3.05, 3.63) is 0 Å². The molecular weight excluding hydrogens is 143 g/mol. The van der Waals surface area contributed by atoms with Gasteiger partial charge in [-0.2, -0.15) is 0 Å². The molecule has 0 amide bonds. The van der Waals surface area contributed by atoms with E-state index in [0.29, 0.717) is 0 Å². The fourth-order valence-electron chi connectivity index (χ4n) is 0.204. The van der Waals surface area contributed by atoms with Crippen molar-refractivity contribution in [2.24, 2.45) is 0 Å². The third-order valence-electron chi connectivity index (χ3n) is 0.558. The minimum Gasteiger partial charge on any atom is -0.138 e. The molecule has 0 aromatic heterocycles. The Kier molecular flexibility index (Phi) is 15.6. The van der Waals surface area contributed by atoms with Gasteiger partial charge in [0.15, 0.2) is 0 Å². The van der Waals surface area contributed by atoms with Crippen LogP contribution in [-0.2, 0) is 17.1 Å². The molecule has 6 heavy (non-hydrogen) atoms. The second-order valence-corrected chi connectivity index (χ2v) is 1.72. The molecule has 1 unspecified atom stereocenters. The van der Waals surface area contributed by atoms with Gasteiger partial charge in [-0.15, -0.1) is 9.24 Å². The topological polar surface area (TPSA) is 0 Å². The summed E-state index contributed by atoms with van der Waals surface area (Å²) in [5.41, 5.74) is 0. The van der Waals surface area contributed by atoms with Crippen molar-refractivity contribution in [2.45, 2.75) is 19.8 Å².